The highest BCUT2D eigenvalue weighted by Gasteiger charge is 2.24. The molecule has 0 saturated heterocycles. The Labute approximate surface area is 180 Å². The van der Waals surface area contributed by atoms with Crippen LogP contribution in [0.4, 0.5) is 5.82 Å². The summed E-state index contributed by atoms with van der Waals surface area (Å²) < 4.78 is 10.6. The lowest BCUT2D eigenvalue weighted by Gasteiger charge is -2.05. The number of carbonyl (C=O) groups excluding carboxylic acids is 2. The smallest absolute Gasteiger partial charge is 0.337 e. The van der Waals surface area contributed by atoms with Crippen molar-refractivity contribution in [2.75, 3.05) is 12.8 Å². The van der Waals surface area contributed by atoms with E-state index in [1.807, 2.05) is 6.07 Å². The lowest BCUT2D eigenvalue weighted by atomic mass is 10.1. The number of rotatable bonds is 6. The molecular formula is C20H16N8O4. The van der Waals surface area contributed by atoms with Crippen molar-refractivity contribution in [3.05, 3.63) is 71.4 Å². The molecule has 0 aliphatic heterocycles. The zero-order valence-corrected chi connectivity index (χ0v) is 16.7. The molecule has 4 aromatic rings. The van der Waals surface area contributed by atoms with E-state index in [1.165, 1.54) is 18.0 Å². The number of aromatic nitrogens is 5. The van der Waals surface area contributed by atoms with Gasteiger partial charge in [-0.05, 0) is 28.0 Å². The van der Waals surface area contributed by atoms with Gasteiger partial charge in [-0.15, -0.1) is 5.10 Å². The Hall–Kier alpha value is -4.87. The SMILES string of the molecule is COC(=O)c1ccc(/C=N\NC(=O)c2nnn(-c3nonc3N)c2-c2ccccc2)cc1. The number of nitrogen functional groups attached to an aromatic ring is 1. The first-order chi connectivity index (χ1) is 15.6. The number of carbonyl (C=O) groups is 2. The van der Waals surface area contributed by atoms with E-state index in [9.17, 15) is 9.59 Å². The molecule has 3 N–H and O–H groups in total. The highest BCUT2D eigenvalue weighted by Crippen LogP contribution is 2.26. The Kier molecular flexibility index (Phi) is 5.66. The molecule has 0 aliphatic carbocycles. The summed E-state index contributed by atoms with van der Waals surface area (Å²) in [6.07, 6.45) is 1.42. The molecular weight excluding hydrogens is 416 g/mol. The Bertz CT molecular complexity index is 1280. The number of hydrogen-bond donors (Lipinski definition) is 2. The third-order valence-corrected chi connectivity index (χ3v) is 4.34. The maximum absolute atomic E-state index is 12.8. The zero-order valence-electron chi connectivity index (χ0n) is 16.7. The third-order valence-electron chi connectivity index (χ3n) is 4.34. The van der Waals surface area contributed by atoms with Gasteiger partial charge < -0.3 is 10.5 Å². The highest BCUT2D eigenvalue weighted by atomic mass is 16.6. The van der Waals surface area contributed by atoms with Crippen molar-refractivity contribution in [1.82, 2.24) is 30.7 Å². The maximum atomic E-state index is 12.8. The predicted molar refractivity (Wildman–Crippen MR) is 112 cm³/mol. The standard InChI is InChI=1S/C20H16N8O4/c1-31-20(30)14-9-7-12(8-10-14)11-22-24-19(29)15-16(13-5-3-2-4-6-13)28(27-23-15)18-17(21)25-32-26-18/h2-11H,1H3,(H2,21,25)(H,24,29)/b22-11-. The van der Waals surface area contributed by atoms with E-state index in [0.717, 1.165) is 0 Å². The van der Waals surface area contributed by atoms with Gasteiger partial charge in [-0.1, -0.05) is 47.7 Å². The number of hydrazone groups is 1. The summed E-state index contributed by atoms with van der Waals surface area (Å²) in [5.41, 5.74) is 10.2. The predicted octanol–water partition coefficient (Wildman–Crippen LogP) is 1.45. The summed E-state index contributed by atoms with van der Waals surface area (Å²) in [5, 5.41) is 19.2. The van der Waals surface area contributed by atoms with Gasteiger partial charge in [0, 0.05) is 5.56 Å². The van der Waals surface area contributed by atoms with E-state index in [2.05, 4.69) is 40.5 Å². The molecule has 160 valence electrons. The molecule has 2 aromatic heterocycles. The lowest BCUT2D eigenvalue weighted by Crippen LogP contribution is -2.19. The number of ether oxygens (including phenoxy) is 1. The summed E-state index contributed by atoms with van der Waals surface area (Å²) in [5.74, 6) is -0.953. The molecule has 12 heteroatoms. The van der Waals surface area contributed by atoms with E-state index in [4.69, 9.17) is 5.73 Å². The molecule has 0 spiro atoms. The van der Waals surface area contributed by atoms with E-state index in [0.29, 0.717) is 22.4 Å². The minimum absolute atomic E-state index is 0.00297. The molecule has 32 heavy (non-hydrogen) atoms. The quantitative estimate of drug-likeness (QED) is 0.261. The van der Waals surface area contributed by atoms with Crippen LogP contribution in [0.2, 0.25) is 0 Å². The Morgan fingerprint density at radius 2 is 1.88 bits per heavy atom. The first-order valence-corrected chi connectivity index (χ1v) is 9.20. The Morgan fingerprint density at radius 3 is 2.53 bits per heavy atom. The molecule has 1 amide bonds. The maximum Gasteiger partial charge on any atom is 0.337 e. The summed E-state index contributed by atoms with van der Waals surface area (Å²) in [6.45, 7) is 0. The van der Waals surface area contributed by atoms with Crippen LogP contribution < -0.4 is 11.2 Å². The Morgan fingerprint density at radius 1 is 1.12 bits per heavy atom. The van der Waals surface area contributed by atoms with Gasteiger partial charge in [-0.2, -0.15) is 9.78 Å². The van der Waals surface area contributed by atoms with Crippen LogP contribution in [-0.4, -0.2) is 50.5 Å². The normalized spacial score (nSPS) is 10.9. The van der Waals surface area contributed by atoms with Crippen molar-refractivity contribution in [3.8, 4) is 17.1 Å². The fourth-order valence-corrected chi connectivity index (χ4v) is 2.82. The van der Waals surface area contributed by atoms with Gasteiger partial charge in [-0.25, -0.2) is 14.8 Å². The fraction of sp³-hybridized carbons (Fsp3) is 0.0500. The van der Waals surface area contributed by atoms with Crippen molar-refractivity contribution in [1.29, 1.82) is 0 Å². The van der Waals surface area contributed by atoms with Gasteiger partial charge >= 0.3 is 5.97 Å². The lowest BCUT2D eigenvalue weighted by molar-refractivity contribution is 0.0600. The van der Waals surface area contributed by atoms with E-state index < -0.39 is 11.9 Å². The van der Waals surface area contributed by atoms with Crippen molar-refractivity contribution >= 4 is 23.9 Å². The molecule has 12 nitrogen and oxygen atoms in total. The van der Waals surface area contributed by atoms with E-state index in [-0.39, 0.29) is 17.3 Å². The Balaban J connectivity index is 1.59. The average Bonchev–Trinajstić information content (AvgIpc) is 3.45. The molecule has 0 saturated carbocycles. The second kappa shape index (κ2) is 8.87. The van der Waals surface area contributed by atoms with Crippen molar-refractivity contribution < 1.29 is 19.0 Å². The summed E-state index contributed by atoms with van der Waals surface area (Å²) in [4.78, 5) is 24.3. The van der Waals surface area contributed by atoms with Crippen LogP contribution in [0.3, 0.4) is 0 Å². The molecule has 0 fully saturated rings. The van der Waals surface area contributed by atoms with Crippen molar-refractivity contribution in [2.24, 2.45) is 5.10 Å². The molecule has 0 aliphatic rings. The topological polar surface area (TPSA) is 163 Å². The summed E-state index contributed by atoms with van der Waals surface area (Å²) in [6, 6.07) is 15.5. The van der Waals surface area contributed by atoms with Gasteiger partial charge in [0.25, 0.3) is 5.91 Å². The van der Waals surface area contributed by atoms with Crippen LogP contribution in [0.15, 0.2) is 64.3 Å². The molecule has 0 radical (unpaired) electrons. The fourth-order valence-electron chi connectivity index (χ4n) is 2.82. The summed E-state index contributed by atoms with van der Waals surface area (Å²) >= 11 is 0. The number of nitrogens with two attached hydrogens (primary N) is 1. The molecule has 0 bridgehead atoms. The van der Waals surface area contributed by atoms with Crippen molar-refractivity contribution in [3.63, 3.8) is 0 Å². The highest BCUT2D eigenvalue weighted by molar-refractivity contribution is 5.99. The van der Waals surface area contributed by atoms with Crippen LogP contribution >= 0.6 is 0 Å². The van der Waals surface area contributed by atoms with Crippen LogP contribution in [0.1, 0.15) is 26.4 Å². The molecule has 0 unspecified atom stereocenters. The number of benzene rings is 2. The van der Waals surface area contributed by atoms with E-state index >= 15 is 0 Å². The molecule has 2 aromatic carbocycles. The van der Waals surface area contributed by atoms with Gasteiger partial charge in [-0.3, -0.25) is 4.79 Å². The monoisotopic (exact) mass is 432 g/mol. The molecule has 2 heterocycles. The van der Waals surface area contributed by atoms with Gasteiger partial charge in [0.05, 0.1) is 18.9 Å². The number of methoxy groups -OCH3 is 1. The number of esters is 1. The molecule has 4 rings (SSSR count). The van der Waals surface area contributed by atoms with Gasteiger partial charge in [0.15, 0.2) is 5.69 Å². The second-order valence-electron chi connectivity index (χ2n) is 6.35. The minimum atomic E-state index is -0.604. The van der Waals surface area contributed by atoms with Gasteiger partial charge in [0.1, 0.15) is 5.69 Å². The number of nitrogens with one attached hydrogen (secondary N) is 1. The average molecular weight is 432 g/mol. The van der Waals surface area contributed by atoms with Crippen molar-refractivity contribution in [2.45, 2.75) is 0 Å². The van der Waals surface area contributed by atoms with Crippen LogP contribution in [0.5, 0.6) is 0 Å². The van der Waals surface area contributed by atoms with E-state index in [1.54, 1.807) is 48.5 Å². The first-order valence-electron chi connectivity index (χ1n) is 9.20. The van der Waals surface area contributed by atoms with Gasteiger partial charge in [0.2, 0.25) is 11.6 Å². The number of nitrogens with zero attached hydrogens (tertiary/aromatic N) is 6. The zero-order chi connectivity index (χ0) is 22.5. The number of hydrogen-bond acceptors (Lipinski definition) is 10. The van der Waals surface area contributed by atoms with Crippen LogP contribution in [-0.2, 0) is 4.74 Å². The first kappa shape index (κ1) is 20.4. The second-order valence-corrected chi connectivity index (χ2v) is 6.35. The van der Waals surface area contributed by atoms with Crippen LogP contribution in [0, 0.1) is 0 Å². The minimum Gasteiger partial charge on any atom is -0.465 e. The largest absolute Gasteiger partial charge is 0.465 e. The van der Waals surface area contributed by atoms with Crippen LogP contribution in [0.25, 0.3) is 17.1 Å². The summed E-state index contributed by atoms with van der Waals surface area (Å²) in [7, 11) is 1.31. The number of amides is 1. The molecule has 0 atom stereocenters. The number of anilines is 1. The third kappa shape index (κ3) is 4.05.